The first-order valence-electron chi connectivity index (χ1n) is 6.02. The molecule has 0 aliphatic carbocycles. The third kappa shape index (κ3) is 2.73. The predicted molar refractivity (Wildman–Crippen MR) is 69.2 cm³/mol. The molecular formula is C13H18N2O3. The van der Waals surface area contributed by atoms with Gasteiger partial charge in [-0.25, -0.2) is 0 Å². The summed E-state index contributed by atoms with van der Waals surface area (Å²) in [5.74, 6) is 0.492. The van der Waals surface area contributed by atoms with Crippen LogP contribution in [0.4, 0.5) is 5.69 Å². The summed E-state index contributed by atoms with van der Waals surface area (Å²) >= 11 is 0. The Labute approximate surface area is 106 Å². The molecule has 2 N–H and O–H groups in total. The van der Waals surface area contributed by atoms with Crippen LogP contribution in [0.3, 0.4) is 0 Å². The van der Waals surface area contributed by atoms with Gasteiger partial charge < -0.3 is 20.1 Å². The zero-order valence-corrected chi connectivity index (χ0v) is 10.7. The highest BCUT2D eigenvalue weighted by Gasteiger charge is 2.19. The molecule has 0 bridgehead atoms. The number of ether oxygens (including phenoxy) is 2. The smallest absolute Gasteiger partial charge is 0.255 e. The third-order valence-electron chi connectivity index (χ3n) is 2.72. The molecule has 1 amide bonds. The van der Waals surface area contributed by atoms with Gasteiger partial charge in [-0.2, -0.15) is 0 Å². The van der Waals surface area contributed by atoms with Crippen LogP contribution in [0.25, 0.3) is 0 Å². The molecule has 0 aromatic heterocycles. The van der Waals surface area contributed by atoms with Crippen LogP contribution in [-0.4, -0.2) is 38.8 Å². The van der Waals surface area contributed by atoms with Crippen molar-refractivity contribution in [3.05, 3.63) is 23.8 Å². The highest BCUT2D eigenvalue weighted by Crippen LogP contribution is 2.31. The van der Waals surface area contributed by atoms with Gasteiger partial charge in [0.2, 0.25) is 0 Å². The van der Waals surface area contributed by atoms with Gasteiger partial charge in [0.15, 0.2) is 5.75 Å². The molecule has 5 nitrogen and oxygen atoms in total. The van der Waals surface area contributed by atoms with Crippen LogP contribution in [0.1, 0.15) is 17.3 Å². The maximum Gasteiger partial charge on any atom is 0.255 e. The van der Waals surface area contributed by atoms with Gasteiger partial charge in [-0.15, -0.1) is 0 Å². The van der Waals surface area contributed by atoms with E-state index in [1.807, 2.05) is 19.1 Å². The third-order valence-corrected chi connectivity index (χ3v) is 2.72. The Hall–Kier alpha value is -1.75. The largest absolute Gasteiger partial charge is 0.489 e. The van der Waals surface area contributed by atoms with Crippen molar-refractivity contribution >= 4 is 11.6 Å². The van der Waals surface area contributed by atoms with Gasteiger partial charge in [-0.3, -0.25) is 4.79 Å². The number of hydrogen-bond acceptors (Lipinski definition) is 4. The Kier molecular flexibility index (Phi) is 4.04. The average Bonchev–Trinajstić information content (AvgIpc) is 2.38. The molecule has 1 aromatic rings. The monoisotopic (exact) mass is 250 g/mol. The van der Waals surface area contributed by atoms with Crippen molar-refractivity contribution in [2.75, 3.05) is 32.2 Å². The van der Waals surface area contributed by atoms with E-state index in [2.05, 4.69) is 10.6 Å². The van der Waals surface area contributed by atoms with E-state index in [0.29, 0.717) is 24.5 Å². The van der Waals surface area contributed by atoms with Crippen molar-refractivity contribution in [3.63, 3.8) is 0 Å². The highest BCUT2D eigenvalue weighted by atomic mass is 16.5. The number of carbonyl (C=O) groups excluding carboxylic acids is 1. The Morgan fingerprint density at radius 1 is 1.61 bits per heavy atom. The summed E-state index contributed by atoms with van der Waals surface area (Å²) in [5.41, 5.74) is 1.43. The second-order valence-electron chi connectivity index (χ2n) is 4.29. The van der Waals surface area contributed by atoms with Gasteiger partial charge in [0, 0.05) is 19.7 Å². The molecule has 98 valence electrons. The molecule has 0 spiro atoms. The minimum atomic E-state index is -0.139. The molecule has 1 aliphatic rings. The van der Waals surface area contributed by atoms with E-state index in [9.17, 15) is 4.79 Å². The fraction of sp³-hybridized carbons (Fsp3) is 0.462. The van der Waals surface area contributed by atoms with Gasteiger partial charge in [0.25, 0.3) is 5.91 Å². The first-order chi connectivity index (χ1) is 8.72. The van der Waals surface area contributed by atoms with Crippen molar-refractivity contribution < 1.29 is 14.3 Å². The molecule has 1 aliphatic heterocycles. The lowest BCUT2D eigenvalue weighted by atomic mass is 10.1. The minimum absolute atomic E-state index is 0.0325. The van der Waals surface area contributed by atoms with E-state index in [4.69, 9.17) is 9.47 Å². The summed E-state index contributed by atoms with van der Waals surface area (Å²) in [6, 6.07) is 5.48. The molecule has 0 saturated heterocycles. The SMILES string of the molecule is COCC(C)NC(=O)c1cccc2c1OCCN2. The number of nitrogens with one attached hydrogen (secondary N) is 2. The zero-order chi connectivity index (χ0) is 13.0. The number of fused-ring (bicyclic) bond motifs is 1. The number of amides is 1. The van der Waals surface area contributed by atoms with Crippen molar-refractivity contribution in [1.82, 2.24) is 5.32 Å². The van der Waals surface area contributed by atoms with Gasteiger partial charge in [-0.05, 0) is 19.1 Å². The summed E-state index contributed by atoms with van der Waals surface area (Å²) in [5, 5.41) is 6.08. The van der Waals surface area contributed by atoms with Crippen LogP contribution in [-0.2, 0) is 4.74 Å². The molecule has 1 aromatic carbocycles. The maximum absolute atomic E-state index is 12.1. The van der Waals surface area contributed by atoms with Crippen molar-refractivity contribution in [2.45, 2.75) is 13.0 Å². The first-order valence-corrected chi connectivity index (χ1v) is 6.02. The van der Waals surface area contributed by atoms with Crippen molar-refractivity contribution in [1.29, 1.82) is 0 Å². The summed E-state index contributed by atoms with van der Waals surface area (Å²) in [6.07, 6.45) is 0. The van der Waals surface area contributed by atoms with Crippen LogP contribution in [0.15, 0.2) is 18.2 Å². The topological polar surface area (TPSA) is 59.6 Å². The van der Waals surface area contributed by atoms with Gasteiger partial charge in [-0.1, -0.05) is 6.07 Å². The number of para-hydroxylation sites is 1. The number of methoxy groups -OCH3 is 1. The molecule has 1 atom stereocenters. The first kappa shape index (κ1) is 12.7. The van der Waals surface area contributed by atoms with Crippen LogP contribution < -0.4 is 15.4 Å². The van der Waals surface area contributed by atoms with Gasteiger partial charge >= 0.3 is 0 Å². The van der Waals surface area contributed by atoms with E-state index in [0.717, 1.165) is 12.2 Å². The lowest BCUT2D eigenvalue weighted by Gasteiger charge is -2.22. The summed E-state index contributed by atoms with van der Waals surface area (Å²) in [7, 11) is 1.61. The van der Waals surface area contributed by atoms with E-state index in [-0.39, 0.29) is 11.9 Å². The Morgan fingerprint density at radius 2 is 2.44 bits per heavy atom. The average molecular weight is 250 g/mol. The van der Waals surface area contributed by atoms with E-state index in [1.165, 1.54) is 0 Å². The van der Waals surface area contributed by atoms with Crippen LogP contribution in [0.2, 0.25) is 0 Å². The van der Waals surface area contributed by atoms with Crippen LogP contribution in [0.5, 0.6) is 5.75 Å². The number of rotatable bonds is 4. The summed E-state index contributed by atoms with van der Waals surface area (Å²) in [6.45, 7) is 3.72. The highest BCUT2D eigenvalue weighted by molar-refractivity contribution is 5.99. The number of anilines is 1. The molecular weight excluding hydrogens is 232 g/mol. The number of benzene rings is 1. The molecule has 0 saturated carbocycles. The fourth-order valence-electron chi connectivity index (χ4n) is 1.94. The van der Waals surface area contributed by atoms with Gasteiger partial charge in [0.05, 0.1) is 17.9 Å². The molecule has 1 unspecified atom stereocenters. The van der Waals surface area contributed by atoms with E-state index >= 15 is 0 Å². The molecule has 18 heavy (non-hydrogen) atoms. The van der Waals surface area contributed by atoms with E-state index < -0.39 is 0 Å². The maximum atomic E-state index is 12.1. The molecule has 5 heteroatoms. The zero-order valence-electron chi connectivity index (χ0n) is 10.7. The summed E-state index contributed by atoms with van der Waals surface area (Å²) in [4.78, 5) is 12.1. The normalized spacial score (nSPS) is 15.0. The molecule has 0 radical (unpaired) electrons. The Morgan fingerprint density at radius 3 is 3.22 bits per heavy atom. The molecule has 1 heterocycles. The van der Waals surface area contributed by atoms with Crippen LogP contribution >= 0.6 is 0 Å². The number of carbonyl (C=O) groups is 1. The van der Waals surface area contributed by atoms with Crippen LogP contribution in [0, 0.1) is 0 Å². The van der Waals surface area contributed by atoms with Crippen molar-refractivity contribution in [2.24, 2.45) is 0 Å². The lowest BCUT2D eigenvalue weighted by Crippen LogP contribution is -2.36. The van der Waals surface area contributed by atoms with E-state index in [1.54, 1.807) is 13.2 Å². The second-order valence-corrected chi connectivity index (χ2v) is 4.29. The standard InChI is InChI=1S/C13H18N2O3/c1-9(8-17-2)15-13(16)10-4-3-5-11-12(10)18-7-6-14-11/h3-5,9,14H,6-8H2,1-2H3,(H,15,16). The lowest BCUT2D eigenvalue weighted by molar-refractivity contribution is 0.0901. The number of hydrogen-bond donors (Lipinski definition) is 2. The minimum Gasteiger partial charge on any atom is -0.489 e. The van der Waals surface area contributed by atoms with Gasteiger partial charge in [0.1, 0.15) is 6.61 Å². The molecule has 0 fully saturated rings. The fourth-order valence-corrected chi connectivity index (χ4v) is 1.94. The molecule has 2 rings (SSSR count). The second kappa shape index (κ2) is 5.73. The van der Waals surface area contributed by atoms with Crippen molar-refractivity contribution in [3.8, 4) is 5.75 Å². The Balaban J connectivity index is 2.15. The summed E-state index contributed by atoms with van der Waals surface area (Å²) < 4.78 is 10.6. The Bertz CT molecular complexity index is 434. The quantitative estimate of drug-likeness (QED) is 0.844. The predicted octanol–water partition coefficient (Wildman–Crippen LogP) is 1.26.